The third kappa shape index (κ3) is 4.29. The van der Waals surface area contributed by atoms with Gasteiger partial charge in [-0.3, -0.25) is 4.79 Å². The number of amides is 1. The Morgan fingerprint density at radius 2 is 1.88 bits per heavy atom. The number of allylic oxidation sites excluding steroid dienone is 3. The molecule has 24 heavy (non-hydrogen) atoms. The maximum atomic E-state index is 12.1. The van der Waals surface area contributed by atoms with Crippen LogP contribution in [-0.2, 0) is 15.6 Å². The van der Waals surface area contributed by atoms with Gasteiger partial charge in [-0.25, -0.2) is 10.2 Å². The van der Waals surface area contributed by atoms with Crippen molar-refractivity contribution in [3.63, 3.8) is 0 Å². The fourth-order valence-corrected chi connectivity index (χ4v) is 3.95. The van der Waals surface area contributed by atoms with Gasteiger partial charge in [0.05, 0.1) is 12.0 Å². The minimum Gasteiger partial charge on any atom is -0.352 e. The monoisotopic (exact) mass is 344 g/mol. The molecule has 0 bridgehead atoms. The van der Waals surface area contributed by atoms with Gasteiger partial charge >= 0.3 is 0 Å². The molecule has 1 saturated carbocycles. The van der Waals surface area contributed by atoms with Crippen LogP contribution in [0.3, 0.4) is 0 Å². The molecule has 0 aliphatic heterocycles. The standard InChI is InChI=1S/C19H24N2O2S/c20-23-24-18-8-4-3-7-17(18)15-11-9-14(10-12-15)13-21-19(22)16-5-1-2-6-16/h7-12,16H,1-6,13,20H2,(H,21,22). The zero-order chi connectivity index (χ0) is 16.8. The molecule has 5 heteroatoms. The van der Waals surface area contributed by atoms with Crippen molar-refractivity contribution >= 4 is 23.5 Å². The van der Waals surface area contributed by atoms with Gasteiger partial charge in [0.25, 0.3) is 0 Å². The maximum Gasteiger partial charge on any atom is 0.223 e. The van der Waals surface area contributed by atoms with Crippen LogP contribution in [0.15, 0.2) is 41.3 Å². The second-order valence-electron chi connectivity index (χ2n) is 6.34. The van der Waals surface area contributed by atoms with Gasteiger partial charge in [0.15, 0.2) is 0 Å². The Balaban J connectivity index is 1.60. The van der Waals surface area contributed by atoms with Gasteiger partial charge in [0, 0.05) is 17.4 Å². The van der Waals surface area contributed by atoms with E-state index in [0.717, 1.165) is 41.7 Å². The largest absolute Gasteiger partial charge is 0.352 e. The average Bonchev–Trinajstić information content (AvgIpc) is 3.16. The fraction of sp³-hybridized carbons (Fsp3) is 0.421. The molecular weight excluding hydrogens is 320 g/mol. The van der Waals surface area contributed by atoms with Crippen LogP contribution in [0.5, 0.6) is 0 Å². The van der Waals surface area contributed by atoms with E-state index in [2.05, 4.69) is 41.7 Å². The van der Waals surface area contributed by atoms with Gasteiger partial charge in [-0.05, 0) is 42.4 Å². The molecule has 4 nitrogen and oxygen atoms in total. The summed E-state index contributed by atoms with van der Waals surface area (Å²) in [6.45, 7) is 0.595. The Kier molecular flexibility index (Phi) is 6.12. The zero-order valence-corrected chi connectivity index (χ0v) is 14.6. The van der Waals surface area contributed by atoms with Gasteiger partial charge < -0.3 is 5.32 Å². The smallest absolute Gasteiger partial charge is 0.223 e. The summed E-state index contributed by atoms with van der Waals surface area (Å²) in [5.74, 6) is 5.62. The molecular formula is C19H24N2O2S. The highest BCUT2D eigenvalue weighted by Gasteiger charge is 2.22. The Labute approximate surface area is 147 Å². The third-order valence-corrected chi connectivity index (χ3v) is 5.37. The van der Waals surface area contributed by atoms with Gasteiger partial charge in [0.2, 0.25) is 5.91 Å². The summed E-state index contributed by atoms with van der Waals surface area (Å²) < 4.78 is 4.73. The van der Waals surface area contributed by atoms with E-state index >= 15 is 0 Å². The predicted octanol–water partition coefficient (Wildman–Crippen LogP) is 4.09. The van der Waals surface area contributed by atoms with Crippen LogP contribution in [0.1, 0.15) is 49.7 Å². The summed E-state index contributed by atoms with van der Waals surface area (Å²) in [6.07, 6.45) is 10.9. The fourth-order valence-electron chi connectivity index (χ4n) is 3.37. The highest BCUT2D eigenvalue weighted by atomic mass is 32.2. The average molecular weight is 344 g/mol. The molecule has 1 aromatic carbocycles. The first-order valence-electron chi connectivity index (χ1n) is 8.59. The lowest BCUT2D eigenvalue weighted by Crippen LogP contribution is -2.28. The molecule has 1 aromatic rings. The van der Waals surface area contributed by atoms with E-state index in [1.165, 1.54) is 30.5 Å². The van der Waals surface area contributed by atoms with Gasteiger partial charge in [-0.2, -0.15) is 0 Å². The van der Waals surface area contributed by atoms with Crippen molar-refractivity contribution < 1.29 is 9.08 Å². The molecule has 0 radical (unpaired) electrons. The van der Waals surface area contributed by atoms with Crippen molar-refractivity contribution in [1.82, 2.24) is 5.32 Å². The SMILES string of the molecule is NOSC1=CCCC=C1c1ccc(CNC(=O)C2CCCC2)cc1. The lowest BCUT2D eigenvalue weighted by Gasteiger charge is -2.15. The van der Waals surface area contributed by atoms with Crippen LogP contribution in [0.4, 0.5) is 0 Å². The number of nitrogens with one attached hydrogen (secondary N) is 1. The number of nitrogens with two attached hydrogens (primary N) is 1. The van der Waals surface area contributed by atoms with Crippen molar-refractivity contribution in [3.05, 3.63) is 52.4 Å². The summed E-state index contributed by atoms with van der Waals surface area (Å²) >= 11 is 1.20. The molecule has 1 amide bonds. The molecule has 2 aliphatic carbocycles. The lowest BCUT2D eigenvalue weighted by molar-refractivity contribution is -0.124. The number of carbonyl (C=O) groups is 1. The van der Waals surface area contributed by atoms with Crippen LogP contribution in [-0.4, -0.2) is 5.91 Å². The van der Waals surface area contributed by atoms with E-state index in [1.54, 1.807) is 0 Å². The summed E-state index contributed by atoms with van der Waals surface area (Å²) in [7, 11) is 0. The molecule has 0 saturated heterocycles. The van der Waals surface area contributed by atoms with Crippen molar-refractivity contribution in [2.24, 2.45) is 11.8 Å². The topological polar surface area (TPSA) is 64.3 Å². The first-order valence-corrected chi connectivity index (χ1v) is 9.33. The number of hydrogen-bond donors (Lipinski definition) is 2. The van der Waals surface area contributed by atoms with E-state index in [4.69, 9.17) is 10.2 Å². The molecule has 3 N–H and O–H groups in total. The maximum absolute atomic E-state index is 12.1. The Hall–Kier alpha value is -1.56. The predicted molar refractivity (Wildman–Crippen MR) is 98.4 cm³/mol. The zero-order valence-electron chi connectivity index (χ0n) is 13.8. The van der Waals surface area contributed by atoms with Crippen LogP contribution in [0.2, 0.25) is 0 Å². The highest BCUT2D eigenvalue weighted by Crippen LogP contribution is 2.35. The van der Waals surface area contributed by atoms with E-state index in [0.29, 0.717) is 6.54 Å². The minimum absolute atomic E-state index is 0.202. The van der Waals surface area contributed by atoms with Crippen LogP contribution >= 0.6 is 12.0 Å². The minimum atomic E-state index is 0.202. The van der Waals surface area contributed by atoms with Crippen molar-refractivity contribution in [3.8, 4) is 0 Å². The van der Waals surface area contributed by atoms with Gasteiger partial charge in [0.1, 0.15) is 0 Å². The second kappa shape index (κ2) is 8.51. The van der Waals surface area contributed by atoms with E-state index < -0.39 is 0 Å². The van der Waals surface area contributed by atoms with E-state index in [-0.39, 0.29) is 11.8 Å². The third-order valence-electron chi connectivity index (χ3n) is 4.71. The number of carbonyl (C=O) groups excluding carboxylic acids is 1. The Morgan fingerprint density at radius 3 is 2.58 bits per heavy atom. The van der Waals surface area contributed by atoms with Crippen LogP contribution in [0.25, 0.3) is 5.57 Å². The molecule has 0 atom stereocenters. The Morgan fingerprint density at radius 1 is 1.17 bits per heavy atom. The summed E-state index contributed by atoms with van der Waals surface area (Å²) in [4.78, 5) is 13.2. The Bertz CT molecular complexity index is 631. The highest BCUT2D eigenvalue weighted by molar-refractivity contribution is 7.99. The van der Waals surface area contributed by atoms with Crippen molar-refractivity contribution in [1.29, 1.82) is 0 Å². The van der Waals surface area contributed by atoms with Crippen LogP contribution in [0, 0.1) is 5.92 Å². The van der Waals surface area contributed by atoms with Crippen molar-refractivity contribution in [2.75, 3.05) is 0 Å². The van der Waals surface area contributed by atoms with E-state index in [9.17, 15) is 4.79 Å². The van der Waals surface area contributed by atoms with Crippen LogP contribution < -0.4 is 11.2 Å². The molecule has 3 rings (SSSR count). The quantitative estimate of drug-likeness (QED) is 0.602. The number of hydrogen-bond acceptors (Lipinski definition) is 4. The molecule has 128 valence electrons. The summed E-state index contributed by atoms with van der Waals surface area (Å²) in [5, 5.41) is 3.06. The normalized spacial score (nSPS) is 18.2. The molecule has 1 fully saturated rings. The first kappa shape index (κ1) is 17.3. The van der Waals surface area contributed by atoms with Gasteiger partial charge in [-0.1, -0.05) is 49.3 Å². The number of benzene rings is 1. The van der Waals surface area contributed by atoms with Gasteiger partial charge in [-0.15, -0.1) is 0 Å². The molecule has 2 aliphatic rings. The van der Waals surface area contributed by atoms with E-state index in [1.807, 2.05) is 0 Å². The molecule has 0 aromatic heterocycles. The summed E-state index contributed by atoms with van der Waals surface area (Å²) in [5.41, 5.74) is 3.43. The molecule has 0 unspecified atom stereocenters. The molecule has 0 heterocycles. The lowest BCUT2D eigenvalue weighted by atomic mass is 9.98. The second-order valence-corrected chi connectivity index (χ2v) is 7.14. The number of rotatable bonds is 6. The van der Waals surface area contributed by atoms with Crippen molar-refractivity contribution in [2.45, 2.75) is 45.1 Å². The summed E-state index contributed by atoms with van der Waals surface area (Å²) in [6, 6.07) is 8.34. The first-order chi connectivity index (χ1) is 11.8. The molecule has 0 spiro atoms.